The lowest BCUT2D eigenvalue weighted by molar-refractivity contribution is -0.142. The van der Waals surface area contributed by atoms with Crippen molar-refractivity contribution >= 4 is 11.8 Å². The van der Waals surface area contributed by atoms with E-state index in [9.17, 15) is 9.59 Å². The monoisotopic (exact) mass is 248 g/mol. The summed E-state index contributed by atoms with van der Waals surface area (Å²) >= 11 is 0. The molecule has 2 rings (SSSR count). The van der Waals surface area contributed by atoms with Gasteiger partial charge in [0.25, 0.3) is 0 Å². The van der Waals surface area contributed by atoms with Crippen LogP contribution in [0.4, 0.5) is 0 Å². The molecule has 1 atom stereocenters. The highest BCUT2D eigenvalue weighted by atomic mass is 16.5. The molecule has 5 heteroatoms. The molecule has 0 radical (unpaired) electrons. The number of aryl methyl sites for hydroxylation is 1. The summed E-state index contributed by atoms with van der Waals surface area (Å²) in [5.41, 5.74) is 1.28. The van der Waals surface area contributed by atoms with Gasteiger partial charge in [-0.1, -0.05) is 11.6 Å². The van der Waals surface area contributed by atoms with Crippen LogP contribution in [0.2, 0.25) is 0 Å². The predicted molar refractivity (Wildman–Crippen MR) is 66.2 cm³/mol. The fourth-order valence-electron chi connectivity index (χ4n) is 2.10. The molecular formula is C13H16N2O3. The Hall–Kier alpha value is -2.04. The van der Waals surface area contributed by atoms with Crippen LogP contribution in [-0.4, -0.2) is 25.5 Å². The lowest BCUT2D eigenvalue weighted by atomic mass is 9.88. The molecule has 1 fully saturated rings. The summed E-state index contributed by atoms with van der Waals surface area (Å²) in [5, 5.41) is 5.31. The van der Waals surface area contributed by atoms with Crippen molar-refractivity contribution in [2.75, 3.05) is 13.7 Å². The van der Waals surface area contributed by atoms with Crippen molar-refractivity contribution in [1.29, 1.82) is 0 Å². The zero-order valence-corrected chi connectivity index (χ0v) is 10.7. The number of rotatable bonds is 2. The van der Waals surface area contributed by atoms with Gasteiger partial charge in [0, 0.05) is 12.1 Å². The van der Waals surface area contributed by atoms with Gasteiger partial charge in [0.05, 0.1) is 12.6 Å². The summed E-state index contributed by atoms with van der Waals surface area (Å²) in [7, 11) is 1.58. The van der Waals surface area contributed by atoms with Crippen molar-refractivity contribution in [1.82, 2.24) is 10.6 Å². The normalized spacial score (nSPS) is 23.3. The highest BCUT2D eigenvalue weighted by molar-refractivity contribution is 6.35. The zero-order valence-electron chi connectivity index (χ0n) is 10.7. The first kappa shape index (κ1) is 12.4. The second-order valence-electron chi connectivity index (χ2n) is 4.67. The maximum absolute atomic E-state index is 11.5. The van der Waals surface area contributed by atoms with E-state index in [0.29, 0.717) is 12.3 Å². The number of carbonyl (C=O) groups excluding carboxylic acids is 2. The third-order valence-electron chi connectivity index (χ3n) is 3.15. The van der Waals surface area contributed by atoms with Crippen LogP contribution in [0.3, 0.4) is 0 Å². The fraction of sp³-hybridized carbons (Fsp3) is 0.385. The van der Waals surface area contributed by atoms with Crippen LogP contribution in [0.25, 0.3) is 0 Å². The van der Waals surface area contributed by atoms with Crippen molar-refractivity contribution in [2.45, 2.75) is 19.4 Å². The lowest BCUT2D eigenvalue weighted by Crippen LogP contribution is -2.61. The van der Waals surface area contributed by atoms with E-state index in [1.54, 1.807) is 7.11 Å². The molecule has 5 nitrogen and oxygen atoms in total. The van der Waals surface area contributed by atoms with E-state index in [4.69, 9.17) is 4.74 Å². The van der Waals surface area contributed by atoms with Gasteiger partial charge in [0.1, 0.15) is 5.75 Å². The van der Waals surface area contributed by atoms with Gasteiger partial charge >= 0.3 is 11.8 Å². The van der Waals surface area contributed by atoms with Gasteiger partial charge in [-0.05, 0) is 26.0 Å². The highest BCUT2D eigenvalue weighted by Gasteiger charge is 2.38. The van der Waals surface area contributed by atoms with Crippen molar-refractivity contribution in [2.24, 2.45) is 0 Å². The Bertz CT molecular complexity index is 513. The molecule has 0 bridgehead atoms. The maximum Gasteiger partial charge on any atom is 0.310 e. The molecule has 0 aliphatic carbocycles. The highest BCUT2D eigenvalue weighted by Crippen LogP contribution is 2.31. The zero-order chi connectivity index (χ0) is 13.3. The molecule has 1 unspecified atom stereocenters. The minimum Gasteiger partial charge on any atom is -0.496 e. The van der Waals surface area contributed by atoms with Crippen LogP contribution in [0.1, 0.15) is 18.1 Å². The molecule has 96 valence electrons. The third-order valence-corrected chi connectivity index (χ3v) is 3.15. The van der Waals surface area contributed by atoms with E-state index >= 15 is 0 Å². The largest absolute Gasteiger partial charge is 0.496 e. The quantitative estimate of drug-likeness (QED) is 0.747. The Morgan fingerprint density at radius 2 is 2.00 bits per heavy atom. The van der Waals surface area contributed by atoms with Gasteiger partial charge in [0.2, 0.25) is 0 Å². The van der Waals surface area contributed by atoms with Crippen molar-refractivity contribution in [3.05, 3.63) is 29.3 Å². The number of amides is 2. The summed E-state index contributed by atoms with van der Waals surface area (Å²) < 4.78 is 5.32. The van der Waals surface area contributed by atoms with Gasteiger partial charge in [-0.15, -0.1) is 0 Å². The molecule has 2 amide bonds. The molecule has 0 spiro atoms. The predicted octanol–water partition coefficient (Wildman–Crippen LogP) is 0.465. The molecule has 1 aliphatic heterocycles. The van der Waals surface area contributed by atoms with Crippen LogP contribution in [0, 0.1) is 6.92 Å². The Balaban J connectivity index is 2.44. The van der Waals surface area contributed by atoms with Crippen LogP contribution < -0.4 is 15.4 Å². The molecule has 18 heavy (non-hydrogen) atoms. The van der Waals surface area contributed by atoms with Gasteiger partial charge in [-0.2, -0.15) is 0 Å². The van der Waals surface area contributed by atoms with Crippen LogP contribution in [0.5, 0.6) is 5.75 Å². The molecule has 1 aliphatic rings. The van der Waals surface area contributed by atoms with Gasteiger partial charge < -0.3 is 15.4 Å². The molecule has 1 saturated heterocycles. The first-order valence-electron chi connectivity index (χ1n) is 5.72. The number of hydrogen-bond donors (Lipinski definition) is 2. The number of nitrogens with one attached hydrogen (secondary N) is 2. The van der Waals surface area contributed by atoms with E-state index in [2.05, 4.69) is 10.6 Å². The van der Waals surface area contributed by atoms with Crippen molar-refractivity contribution in [3.8, 4) is 5.75 Å². The number of ether oxygens (including phenoxy) is 1. The van der Waals surface area contributed by atoms with Gasteiger partial charge in [-0.25, -0.2) is 0 Å². The number of benzene rings is 1. The molecule has 1 aromatic rings. The second-order valence-corrected chi connectivity index (χ2v) is 4.67. The van der Waals surface area contributed by atoms with Crippen LogP contribution in [0.15, 0.2) is 18.2 Å². The van der Waals surface area contributed by atoms with E-state index in [1.165, 1.54) is 0 Å². The number of methoxy groups -OCH3 is 1. The summed E-state index contributed by atoms with van der Waals surface area (Å²) in [4.78, 5) is 22.7. The third kappa shape index (κ3) is 2.03. The van der Waals surface area contributed by atoms with Crippen LogP contribution in [-0.2, 0) is 15.1 Å². The van der Waals surface area contributed by atoms with Crippen molar-refractivity contribution < 1.29 is 14.3 Å². The molecule has 0 aromatic heterocycles. The second kappa shape index (κ2) is 4.33. The average molecular weight is 248 g/mol. The Kier molecular flexibility index (Phi) is 2.98. The van der Waals surface area contributed by atoms with E-state index in [1.807, 2.05) is 32.0 Å². The summed E-state index contributed by atoms with van der Waals surface area (Å²) in [6.45, 7) is 4.18. The summed E-state index contributed by atoms with van der Waals surface area (Å²) in [6, 6.07) is 5.75. The smallest absolute Gasteiger partial charge is 0.310 e. The maximum atomic E-state index is 11.5. The topological polar surface area (TPSA) is 67.4 Å². The molecular weight excluding hydrogens is 232 g/mol. The minimum absolute atomic E-state index is 0.345. The first-order valence-corrected chi connectivity index (χ1v) is 5.72. The fourth-order valence-corrected chi connectivity index (χ4v) is 2.10. The van der Waals surface area contributed by atoms with Crippen LogP contribution >= 0.6 is 0 Å². The summed E-state index contributed by atoms with van der Waals surface area (Å²) in [5.74, 6) is -0.522. The number of carbonyl (C=O) groups is 2. The van der Waals surface area contributed by atoms with Gasteiger partial charge in [-0.3, -0.25) is 9.59 Å². The SMILES string of the molecule is COc1ccc(C)cc1C1(C)CNC(=O)C(=O)N1. The number of piperazine rings is 1. The van der Waals surface area contributed by atoms with E-state index in [0.717, 1.165) is 11.1 Å². The minimum atomic E-state index is -0.650. The van der Waals surface area contributed by atoms with Crippen molar-refractivity contribution in [3.63, 3.8) is 0 Å². The Morgan fingerprint density at radius 3 is 2.61 bits per heavy atom. The lowest BCUT2D eigenvalue weighted by Gasteiger charge is -2.35. The first-order chi connectivity index (χ1) is 8.46. The standard InChI is InChI=1S/C13H16N2O3/c1-8-4-5-10(18-3)9(6-8)13(2)7-14-11(16)12(17)15-13/h4-6H,7H2,1-3H3,(H,14,16)(H,15,17). The Morgan fingerprint density at radius 1 is 1.28 bits per heavy atom. The molecule has 0 saturated carbocycles. The van der Waals surface area contributed by atoms with E-state index < -0.39 is 17.4 Å². The average Bonchev–Trinajstić information content (AvgIpc) is 2.34. The molecule has 1 heterocycles. The van der Waals surface area contributed by atoms with Gasteiger partial charge in [0.15, 0.2) is 0 Å². The Labute approximate surface area is 106 Å². The van der Waals surface area contributed by atoms with E-state index in [-0.39, 0.29) is 0 Å². The molecule has 2 N–H and O–H groups in total. The number of hydrogen-bond acceptors (Lipinski definition) is 3. The molecule has 1 aromatic carbocycles. The summed E-state index contributed by atoms with van der Waals surface area (Å²) in [6.07, 6.45) is 0.